The van der Waals surface area contributed by atoms with Crippen molar-refractivity contribution in [2.45, 2.75) is 23.1 Å². The number of anilines is 2. The number of primary sulfonamides is 1. The van der Waals surface area contributed by atoms with E-state index in [4.69, 9.17) is 5.14 Å². The molecule has 0 heterocycles. The standard InChI is InChI=1S/C17H20FN3O6S2/c1-3-8-20-14-7-5-12(28(19,23)24)10-15(14)21-29(25,26)16-9-11(17(22)27-2)4-6-13(16)18/h4-7,9-10,20-21H,3,8H2,1-2H3,(H2,19,23,24). The van der Waals surface area contributed by atoms with Gasteiger partial charge in [-0.25, -0.2) is 31.2 Å². The number of carbonyl (C=O) groups excluding carboxylic acids is 1. The van der Waals surface area contributed by atoms with Crippen molar-refractivity contribution in [2.75, 3.05) is 23.7 Å². The number of rotatable bonds is 8. The van der Waals surface area contributed by atoms with Gasteiger partial charge in [-0.1, -0.05) is 6.92 Å². The number of methoxy groups -OCH3 is 1. The third kappa shape index (κ3) is 5.43. The molecular formula is C17H20FN3O6S2. The molecule has 4 N–H and O–H groups in total. The molecule has 0 unspecified atom stereocenters. The van der Waals surface area contributed by atoms with Crippen molar-refractivity contribution < 1.29 is 30.8 Å². The number of carbonyl (C=O) groups is 1. The van der Waals surface area contributed by atoms with E-state index in [9.17, 15) is 26.0 Å². The molecule has 0 atom stereocenters. The molecule has 158 valence electrons. The van der Waals surface area contributed by atoms with Crippen molar-refractivity contribution in [3.8, 4) is 0 Å². The number of hydrogen-bond acceptors (Lipinski definition) is 7. The Kier molecular flexibility index (Phi) is 6.82. The summed E-state index contributed by atoms with van der Waals surface area (Å²) in [5.41, 5.74) is -0.0444. The van der Waals surface area contributed by atoms with Crippen molar-refractivity contribution in [2.24, 2.45) is 5.14 Å². The first-order chi connectivity index (χ1) is 13.5. The van der Waals surface area contributed by atoms with Gasteiger partial charge < -0.3 is 10.1 Å². The van der Waals surface area contributed by atoms with Gasteiger partial charge in [0.2, 0.25) is 10.0 Å². The average Bonchev–Trinajstić information content (AvgIpc) is 2.65. The van der Waals surface area contributed by atoms with Crippen LogP contribution in [0.4, 0.5) is 15.8 Å². The number of esters is 1. The lowest BCUT2D eigenvalue weighted by molar-refractivity contribution is 0.0600. The number of nitrogens with one attached hydrogen (secondary N) is 2. The van der Waals surface area contributed by atoms with E-state index in [0.29, 0.717) is 13.0 Å². The van der Waals surface area contributed by atoms with Crippen LogP contribution in [-0.4, -0.2) is 36.5 Å². The molecule has 0 amide bonds. The molecule has 2 rings (SSSR count). The quantitative estimate of drug-likeness (QED) is 0.526. The van der Waals surface area contributed by atoms with Crippen LogP contribution in [0.15, 0.2) is 46.2 Å². The zero-order valence-corrected chi connectivity index (χ0v) is 17.2. The second-order valence-electron chi connectivity index (χ2n) is 5.92. The fraction of sp³-hybridized carbons (Fsp3) is 0.235. The SMILES string of the molecule is CCCNc1ccc(S(N)(=O)=O)cc1NS(=O)(=O)c1cc(C(=O)OC)ccc1F. The molecule has 0 aromatic heterocycles. The second-order valence-corrected chi connectivity index (χ2v) is 9.13. The summed E-state index contributed by atoms with van der Waals surface area (Å²) in [4.78, 5) is 10.5. The van der Waals surface area contributed by atoms with Gasteiger partial charge in [0.1, 0.15) is 10.7 Å². The van der Waals surface area contributed by atoms with Gasteiger partial charge in [-0.2, -0.15) is 0 Å². The van der Waals surface area contributed by atoms with Crippen LogP contribution in [0.5, 0.6) is 0 Å². The van der Waals surface area contributed by atoms with Gasteiger partial charge in [-0.3, -0.25) is 4.72 Å². The summed E-state index contributed by atoms with van der Waals surface area (Å²) in [5, 5.41) is 8.05. The van der Waals surface area contributed by atoms with Gasteiger partial charge in [0, 0.05) is 6.54 Å². The number of benzene rings is 2. The number of hydrogen-bond donors (Lipinski definition) is 3. The number of sulfonamides is 2. The van der Waals surface area contributed by atoms with Crippen LogP contribution in [0.1, 0.15) is 23.7 Å². The molecule has 9 nitrogen and oxygen atoms in total. The summed E-state index contributed by atoms with van der Waals surface area (Å²) in [7, 11) is -7.54. The molecule has 2 aromatic carbocycles. The van der Waals surface area contributed by atoms with Gasteiger partial charge in [0.05, 0.1) is 28.9 Å². The highest BCUT2D eigenvalue weighted by atomic mass is 32.2. The normalized spacial score (nSPS) is 11.7. The van der Waals surface area contributed by atoms with E-state index < -0.39 is 36.7 Å². The summed E-state index contributed by atoms with van der Waals surface area (Å²) in [6.45, 7) is 2.35. The highest BCUT2D eigenvalue weighted by Crippen LogP contribution is 2.29. The number of nitrogens with two attached hydrogens (primary N) is 1. The van der Waals surface area contributed by atoms with E-state index in [1.54, 1.807) is 0 Å². The van der Waals surface area contributed by atoms with Crippen molar-refractivity contribution >= 4 is 37.4 Å². The lowest BCUT2D eigenvalue weighted by Gasteiger charge is -2.16. The van der Waals surface area contributed by atoms with Crippen molar-refractivity contribution in [1.29, 1.82) is 0 Å². The molecule has 0 radical (unpaired) electrons. The topological polar surface area (TPSA) is 145 Å². The Bertz CT molecular complexity index is 1130. The van der Waals surface area contributed by atoms with Gasteiger partial charge >= 0.3 is 5.97 Å². The molecule has 0 aliphatic heterocycles. The van der Waals surface area contributed by atoms with E-state index in [-0.39, 0.29) is 21.8 Å². The largest absolute Gasteiger partial charge is 0.465 e. The monoisotopic (exact) mass is 445 g/mol. The lowest BCUT2D eigenvalue weighted by atomic mass is 10.2. The maximum absolute atomic E-state index is 14.2. The molecule has 2 aromatic rings. The molecule has 0 bridgehead atoms. The Morgan fingerprint density at radius 1 is 1.10 bits per heavy atom. The second kappa shape index (κ2) is 8.76. The molecule has 12 heteroatoms. The highest BCUT2D eigenvalue weighted by molar-refractivity contribution is 7.92. The molecule has 0 aliphatic rings. The third-order valence-corrected chi connectivity index (χ3v) is 6.06. The smallest absolute Gasteiger partial charge is 0.337 e. The Morgan fingerprint density at radius 3 is 2.38 bits per heavy atom. The molecule has 0 saturated carbocycles. The fourth-order valence-corrected chi connectivity index (χ4v) is 4.07. The molecule has 0 aliphatic carbocycles. The van der Waals surface area contributed by atoms with E-state index in [0.717, 1.165) is 31.4 Å². The zero-order chi connectivity index (χ0) is 21.8. The zero-order valence-electron chi connectivity index (χ0n) is 15.6. The molecular weight excluding hydrogens is 425 g/mol. The van der Waals surface area contributed by atoms with Gasteiger partial charge in [0.25, 0.3) is 10.0 Å². The molecule has 29 heavy (non-hydrogen) atoms. The Morgan fingerprint density at radius 2 is 1.79 bits per heavy atom. The Balaban J connectivity index is 2.55. The first-order valence-electron chi connectivity index (χ1n) is 8.31. The van der Waals surface area contributed by atoms with Crippen LogP contribution in [-0.2, 0) is 24.8 Å². The predicted molar refractivity (Wildman–Crippen MR) is 105 cm³/mol. The predicted octanol–water partition coefficient (Wildman–Crippen LogP) is 1.88. The average molecular weight is 445 g/mol. The van der Waals surface area contributed by atoms with Crippen molar-refractivity contribution in [3.05, 3.63) is 47.8 Å². The number of halogens is 1. The van der Waals surface area contributed by atoms with Crippen molar-refractivity contribution in [1.82, 2.24) is 0 Å². The molecule has 0 saturated heterocycles. The fourth-order valence-electron chi connectivity index (χ4n) is 2.35. The molecule has 0 fully saturated rings. The summed E-state index contributed by atoms with van der Waals surface area (Å²) < 4.78 is 69.6. The summed E-state index contributed by atoms with van der Waals surface area (Å²) in [6, 6.07) is 6.30. The van der Waals surface area contributed by atoms with E-state index in [1.165, 1.54) is 12.1 Å². The summed E-state index contributed by atoms with van der Waals surface area (Å²) in [5.74, 6) is -1.95. The minimum atomic E-state index is -4.53. The van der Waals surface area contributed by atoms with Gasteiger partial charge in [0.15, 0.2) is 0 Å². The number of ether oxygens (including phenoxy) is 1. The van der Waals surface area contributed by atoms with Crippen LogP contribution in [0.2, 0.25) is 0 Å². The van der Waals surface area contributed by atoms with Gasteiger partial charge in [-0.15, -0.1) is 0 Å². The minimum absolute atomic E-state index is 0.146. The molecule has 0 spiro atoms. The lowest BCUT2D eigenvalue weighted by Crippen LogP contribution is -2.18. The van der Waals surface area contributed by atoms with E-state index in [2.05, 4.69) is 14.8 Å². The van der Waals surface area contributed by atoms with Crippen LogP contribution in [0.3, 0.4) is 0 Å². The van der Waals surface area contributed by atoms with E-state index in [1.807, 2.05) is 6.92 Å². The first-order valence-corrected chi connectivity index (χ1v) is 11.3. The highest BCUT2D eigenvalue weighted by Gasteiger charge is 2.23. The van der Waals surface area contributed by atoms with Crippen LogP contribution in [0, 0.1) is 5.82 Å². The summed E-state index contributed by atoms with van der Waals surface area (Å²) in [6.07, 6.45) is 0.707. The van der Waals surface area contributed by atoms with Crippen LogP contribution in [0.25, 0.3) is 0 Å². The van der Waals surface area contributed by atoms with E-state index >= 15 is 0 Å². The maximum Gasteiger partial charge on any atom is 0.337 e. The Hall–Kier alpha value is -2.70. The summed E-state index contributed by atoms with van der Waals surface area (Å²) >= 11 is 0. The first kappa shape index (κ1) is 22.6. The minimum Gasteiger partial charge on any atom is -0.465 e. The van der Waals surface area contributed by atoms with Crippen LogP contribution < -0.4 is 15.2 Å². The Labute approximate surface area is 168 Å². The van der Waals surface area contributed by atoms with Crippen molar-refractivity contribution in [3.63, 3.8) is 0 Å². The van der Waals surface area contributed by atoms with Gasteiger partial charge in [-0.05, 0) is 42.8 Å². The third-order valence-electron chi connectivity index (χ3n) is 3.77. The van der Waals surface area contributed by atoms with Crippen LogP contribution >= 0.6 is 0 Å². The maximum atomic E-state index is 14.2.